The summed E-state index contributed by atoms with van der Waals surface area (Å²) in [5.41, 5.74) is 4.20. The number of para-hydroxylation sites is 1. The third-order valence-corrected chi connectivity index (χ3v) is 5.11. The molecule has 4 heterocycles. The van der Waals surface area contributed by atoms with Gasteiger partial charge < -0.3 is 15.1 Å². The molecule has 0 aliphatic carbocycles. The molecule has 0 saturated carbocycles. The van der Waals surface area contributed by atoms with E-state index in [-0.39, 0.29) is 11.8 Å². The maximum atomic E-state index is 12.3. The number of nitrogens with zero attached hydrogens (tertiary/aromatic N) is 2. The second-order valence-electron chi connectivity index (χ2n) is 7.23. The van der Waals surface area contributed by atoms with Crippen LogP contribution in [0.3, 0.4) is 0 Å². The number of amides is 2. The number of carbonyl (C=O) groups excluding carboxylic acids is 2. The van der Waals surface area contributed by atoms with Crippen molar-refractivity contribution in [3.8, 4) is 11.3 Å². The van der Waals surface area contributed by atoms with E-state index < -0.39 is 0 Å². The average Bonchev–Trinajstić information content (AvgIpc) is 3.43. The summed E-state index contributed by atoms with van der Waals surface area (Å²) in [6.45, 7) is 0.400. The van der Waals surface area contributed by atoms with Crippen molar-refractivity contribution in [1.29, 1.82) is 0 Å². The van der Waals surface area contributed by atoms with Gasteiger partial charge in [-0.2, -0.15) is 0 Å². The molecule has 0 atom stereocenters. The average molecular weight is 422 g/mol. The van der Waals surface area contributed by atoms with Gasteiger partial charge in [-0.3, -0.25) is 19.6 Å². The van der Waals surface area contributed by atoms with Gasteiger partial charge in [0, 0.05) is 41.9 Å². The van der Waals surface area contributed by atoms with Gasteiger partial charge in [-0.15, -0.1) is 0 Å². The highest BCUT2D eigenvalue weighted by Crippen LogP contribution is 2.33. The van der Waals surface area contributed by atoms with Crippen molar-refractivity contribution in [3.05, 3.63) is 102 Å². The molecule has 0 unspecified atom stereocenters. The van der Waals surface area contributed by atoms with Gasteiger partial charge in [0.2, 0.25) is 0 Å². The normalized spacial score (nSPS) is 13.6. The zero-order chi connectivity index (χ0) is 21.9. The maximum Gasteiger partial charge on any atom is 0.270 e. The Balaban J connectivity index is 1.30. The first-order valence-corrected chi connectivity index (χ1v) is 10.0. The number of hydrogen-bond acceptors (Lipinski definition) is 5. The van der Waals surface area contributed by atoms with Crippen LogP contribution < -0.4 is 10.6 Å². The summed E-state index contributed by atoms with van der Waals surface area (Å²) in [6, 6.07) is 18.2. The minimum absolute atomic E-state index is 0.159. The Morgan fingerprint density at radius 2 is 1.88 bits per heavy atom. The predicted molar refractivity (Wildman–Crippen MR) is 120 cm³/mol. The fraction of sp³-hybridized carbons (Fsp3) is 0.0400. The van der Waals surface area contributed by atoms with Crippen molar-refractivity contribution in [3.63, 3.8) is 0 Å². The van der Waals surface area contributed by atoms with Gasteiger partial charge in [0.25, 0.3) is 11.8 Å². The highest BCUT2D eigenvalue weighted by atomic mass is 16.3. The number of fused-ring (bicyclic) bond motifs is 1. The molecule has 0 saturated heterocycles. The Morgan fingerprint density at radius 1 is 1.03 bits per heavy atom. The molecule has 7 heteroatoms. The molecule has 156 valence electrons. The lowest BCUT2D eigenvalue weighted by Gasteiger charge is -2.05. The van der Waals surface area contributed by atoms with E-state index in [9.17, 15) is 9.59 Å². The minimum Gasteiger partial charge on any atom is -0.457 e. The lowest BCUT2D eigenvalue weighted by Crippen LogP contribution is -2.23. The first-order chi connectivity index (χ1) is 15.7. The Labute approximate surface area is 183 Å². The third kappa shape index (κ3) is 3.91. The molecule has 5 rings (SSSR count). The molecule has 1 aliphatic heterocycles. The number of hydrogen-bond donors (Lipinski definition) is 2. The lowest BCUT2D eigenvalue weighted by atomic mass is 10.1. The number of rotatable bonds is 5. The van der Waals surface area contributed by atoms with Crippen LogP contribution in [0.2, 0.25) is 0 Å². The molecule has 0 fully saturated rings. The molecule has 0 spiro atoms. The first-order valence-electron chi connectivity index (χ1n) is 10.0. The van der Waals surface area contributed by atoms with Crippen LogP contribution in [-0.4, -0.2) is 21.8 Å². The van der Waals surface area contributed by atoms with Crippen LogP contribution in [-0.2, 0) is 11.3 Å². The zero-order valence-electron chi connectivity index (χ0n) is 16.9. The SMILES string of the molecule is O=C1Nc2ccccc2/C1=C\c1ccc(-c2ccc(C(=O)NCc3ccncc3)nc2)o1. The predicted octanol–water partition coefficient (Wildman–Crippen LogP) is 4.16. The number of anilines is 1. The molecule has 0 radical (unpaired) electrons. The van der Waals surface area contributed by atoms with Gasteiger partial charge >= 0.3 is 0 Å². The molecule has 2 N–H and O–H groups in total. The van der Waals surface area contributed by atoms with E-state index in [1.165, 1.54) is 0 Å². The number of pyridine rings is 2. The van der Waals surface area contributed by atoms with E-state index >= 15 is 0 Å². The number of carbonyl (C=O) groups is 2. The number of nitrogens with one attached hydrogen (secondary N) is 2. The smallest absolute Gasteiger partial charge is 0.270 e. The van der Waals surface area contributed by atoms with E-state index in [2.05, 4.69) is 20.6 Å². The van der Waals surface area contributed by atoms with Gasteiger partial charge in [-0.05, 0) is 54.1 Å². The van der Waals surface area contributed by atoms with Gasteiger partial charge in [-0.1, -0.05) is 18.2 Å². The van der Waals surface area contributed by atoms with Crippen molar-refractivity contribution in [1.82, 2.24) is 15.3 Å². The standard InChI is InChI=1S/C25H18N4O3/c30-24-20(19-3-1-2-4-21(19)29-24)13-18-6-8-23(32-18)17-5-7-22(27-15-17)25(31)28-14-16-9-11-26-12-10-16/h1-13,15H,14H2,(H,28,31)(H,29,30)/b20-13+. The van der Waals surface area contributed by atoms with Crippen molar-refractivity contribution in [2.75, 3.05) is 5.32 Å². The summed E-state index contributed by atoms with van der Waals surface area (Å²) in [5, 5.41) is 5.68. The summed E-state index contributed by atoms with van der Waals surface area (Å²) in [4.78, 5) is 32.8. The van der Waals surface area contributed by atoms with Crippen LogP contribution in [0.25, 0.3) is 23.0 Å². The summed E-state index contributed by atoms with van der Waals surface area (Å²) in [5.74, 6) is 0.734. The van der Waals surface area contributed by atoms with Crippen LogP contribution in [0.15, 0.2) is 83.7 Å². The van der Waals surface area contributed by atoms with Gasteiger partial charge in [0.05, 0.1) is 5.57 Å². The van der Waals surface area contributed by atoms with Crippen molar-refractivity contribution in [2.45, 2.75) is 6.54 Å². The summed E-state index contributed by atoms with van der Waals surface area (Å²) in [7, 11) is 0. The highest BCUT2D eigenvalue weighted by molar-refractivity contribution is 6.34. The molecule has 1 aliphatic rings. The van der Waals surface area contributed by atoms with E-state index in [1.807, 2.05) is 42.5 Å². The third-order valence-electron chi connectivity index (χ3n) is 5.11. The number of aromatic nitrogens is 2. The van der Waals surface area contributed by atoms with Crippen LogP contribution in [0.5, 0.6) is 0 Å². The second kappa shape index (κ2) is 8.31. The molecular weight excluding hydrogens is 404 g/mol. The monoisotopic (exact) mass is 422 g/mol. The quantitative estimate of drug-likeness (QED) is 0.471. The molecule has 1 aromatic carbocycles. The Morgan fingerprint density at radius 3 is 2.69 bits per heavy atom. The molecule has 3 aromatic heterocycles. The Hall–Kier alpha value is -4.52. The van der Waals surface area contributed by atoms with Crippen molar-refractivity contribution < 1.29 is 14.0 Å². The topological polar surface area (TPSA) is 97.1 Å². The Kier molecular flexibility index (Phi) is 5.05. The second-order valence-corrected chi connectivity index (χ2v) is 7.23. The van der Waals surface area contributed by atoms with Crippen molar-refractivity contribution >= 4 is 29.2 Å². The minimum atomic E-state index is -0.260. The fourth-order valence-corrected chi connectivity index (χ4v) is 3.46. The van der Waals surface area contributed by atoms with E-state index in [0.29, 0.717) is 29.3 Å². The molecule has 0 bridgehead atoms. The maximum absolute atomic E-state index is 12.3. The summed E-state index contributed by atoms with van der Waals surface area (Å²) < 4.78 is 5.90. The molecule has 7 nitrogen and oxygen atoms in total. The Bertz CT molecular complexity index is 1320. The number of benzene rings is 1. The first kappa shape index (κ1) is 19.4. The zero-order valence-corrected chi connectivity index (χ0v) is 16.9. The largest absolute Gasteiger partial charge is 0.457 e. The molecule has 32 heavy (non-hydrogen) atoms. The van der Waals surface area contributed by atoms with Crippen LogP contribution in [0.1, 0.15) is 27.4 Å². The summed E-state index contributed by atoms with van der Waals surface area (Å²) in [6.07, 6.45) is 6.67. The molecule has 2 amide bonds. The molecule has 4 aromatic rings. The van der Waals surface area contributed by atoms with Crippen molar-refractivity contribution in [2.24, 2.45) is 0 Å². The highest BCUT2D eigenvalue weighted by Gasteiger charge is 2.23. The van der Waals surface area contributed by atoms with E-state index in [1.54, 1.807) is 42.9 Å². The van der Waals surface area contributed by atoms with Crippen LogP contribution in [0, 0.1) is 0 Å². The summed E-state index contributed by atoms with van der Waals surface area (Å²) >= 11 is 0. The van der Waals surface area contributed by atoms with Crippen LogP contribution >= 0.6 is 0 Å². The van der Waals surface area contributed by atoms with E-state index in [0.717, 1.165) is 22.4 Å². The van der Waals surface area contributed by atoms with Crippen LogP contribution in [0.4, 0.5) is 5.69 Å². The lowest BCUT2D eigenvalue weighted by molar-refractivity contribution is -0.110. The van der Waals surface area contributed by atoms with E-state index in [4.69, 9.17) is 4.42 Å². The number of furan rings is 1. The molecular formula is C25H18N4O3. The van der Waals surface area contributed by atoms with Gasteiger partial charge in [0.1, 0.15) is 17.2 Å². The van der Waals surface area contributed by atoms with Gasteiger partial charge in [-0.25, -0.2) is 0 Å². The van der Waals surface area contributed by atoms with Gasteiger partial charge in [0.15, 0.2) is 0 Å². The fourth-order valence-electron chi connectivity index (χ4n) is 3.46.